The zero-order valence-corrected chi connectivity index (χ0v) is 17.8. The molecule has 0 N–H and O–H groups in total. The number of aryl methyl sites for hydroxylation is 1. The molecule has 4 heterocycles. The highest BCUT2D eigenvalue weighted by Crippen LogP contribution is 2.30. The lowest BCUT2D eigenvalue weighted by atomic mass is 10.2. The molecule has 0 unspecified atom stereocenters. The summed E-state index contributed by atoms with van der Waals surface area (Å²) >= 11 is 6.48. The van der Waals surface area contributed by atoms with E-state index in [-0.39, 0.29) is 5.91 Å². The second-order valence-electron chi connectivity index (χ2n) is 7.84. The van der Waals surface area contributed by atoms with Crippen LogP contribution < -0.4 is 4.90 Å². The number of nitrogens with zero attached hydrogens (tertiary/aromatic N) is 6. The van der Waals surface area contributed by atoms with Crippen LogP contribution in [0, 0.1) is 6.92 Å². The maximum absolute atomic E-state index is 12.6. The number of halogens is 1. The number of piperazine rings is 1. The van der Waals surface area contributed by atoms with Crippen molar-refractivity contribution in [2.45, 2.75) is 6.92 Å². The first-order chi connectivity index (χ1) is 14.6. The predicted molar refractivity (Wildman–Crippen MR) is 116 cm³/mol. The van der Waals surface area contributed by atoms with Crippen molar-refractivity contribution in [2.24, 2.45) is 0 Å². The number of para-hydroxylation sites is 1. The Balaban J connectivity index is 1.35. The number of anilines is 1. The van der Waals surface area contributed by atoms with Crippen molar-refractivity contribution < 1.29 is 9.53 Å². The third kappa shape index (κ3) is 3.49. The SMILES string of the molecule is Cc1nn2c(nc(N3CCN(CC(=O)N4CCOCC4)CC3)c3ccccc32)c1Cl. The monoisotopic (exact) mass is 428 g/mol. The molecule has 1 amide bonds. The predicted octanol–water partition coefficient (Wildman–Crippen LogP) is 1.83. The highest BCUT2D eigenvalue weighted by Gasteiger charge is 2.25. The Morgan fingerprint density at radius 1 is 1.10 bits per heavy atom. The van der Waals surface area contributed by atoms with Crippen LogP contribution in [-0.2, 0) is 9.53 Å². The molecule has 0 aliphatic carbocycles. The fraction of sp³-hybridized carbons (Fsp3) is 0.476. The van der Waals surface area contributed by atoms with Crippen LogP contribution in [0.1, 0.15) is 5.69 Å². The van der Waals surface area contributed by atoms with E-state index in [1.54, 1.807) is 0 Å². The molecule has 2 aromatic heterocycles. The van der Waals surface area contributed by atoms with Crippen molar-refractivity contribution in [3.05, 3.63) is 35.0 Å². The number of ether oxygens (including phenoxy) is 1. The first kappa shape index (κ1) is 19.5. The van der Waals surface area contributed by atoms with Gasteiger partial charge in [-0.2, -0.15) is 5.10 Å². The summed E-state index contributed by atoms with van der Waals surface area (Å²) in [6, 6.07) is 8.16. The van der Waals surface area contributed by atoms with Crippen LogP contribution in [0.3, 0.4) is 0 Å². The lowest BCUT2D eigenvalue weighted by Crippen LogP contribution is -2.51. The van der Waals surface area contributed by atoms with Gasteiger partial charge in [0, 0.05) is 44.7 Å². The van der Waals surface area contributed by atoms with Gasteiger partial charge in [0.2, 0.25) is 5.91 Å². The summed E-state index contributed by atoms with van der Waals surface area (Å²) in [6.45, 7) is 8.30. The average molecular weight is 429 g/mol. The second-order valence-corrected chi connectivity index (χ2v) is 8.22. The normalized spacial score (nSPS) is 18.5. The number of fused-ring (bicyclic) bond motifs is 3. The molecule has 0 spiro atoms. The topological polar surface area (TPSA) is 66.2 Å². The minimum atomic E-state index is 0.193. The molecular weight excluding hydrogens is 404 g/mol. The fourth-order valence-corrected chi connectivity index (χ4v) is 4.39. The molecule has 2 aliphatic heterocycles. The standard InChI is InChI=1S/C21H25ClN6O2/c1-15-19(22)21-23-20(16-4-2-3-5-17(16)28(21)24-15)27-8-6-25(7-9-27)14-18(29)26-10-12-30-13-11-26/h2-5H,6-14H2,1H3. The molecule has 0 atom stereocenters. The van der Waals surface area contributed by atoms with E-state index in [0.29, 0.717) is 43.5 Å². The maximum Gasteiger partial charge on any atom is 0.236 e. The number of aromatic nitrogens is 3. The molecule has 9 heteroatoms. The second kappa shape index (κ2) is 8.02. The highest BCUT2D eigenvalue weighted by atomic mass is 35.5. The summed E-state index contributed by atoms with van der Waals surface area (Å²) in [5.74, 6) is 1.12. The van der Waals surface area contributed by atoms with Crippen molar-refractivity contribution in [1.82, 2.24) is 24.4 Å². The summed E-state index contributed by atoms with van der Waals surface area (Å²) in [5, 5.41) is 6.21. The van der Waals surface area contributed by atoms with E-state index in [9.17, 15) is 4.79 Å². The number of morpholine rings is 1. The largest absolute Gasteiger partial charge is 0.378 e. The molecule has 5 rings (SSSR count). The maximum atomic E-state index is 12.6. The van der Waals surface area contributed by atoms with Gasteiger partial charge in [-0.1, -0.05) is 23.7 Å². The van der Waals surface area contributed by atoms with Crippen molar-refractivity contribution in [3.63, 3.8) is 0 Å². The Hall–Kier alpha value is -2.42. The lowest BCUT2D eigenvalue weighted by molar-refractivity contribution is -0.136. The molecule has 2 fully saturated rings. The van der Waals surface area contributed by atoms with Gasteiger partial charge in [0.1, 0.15) is 10.8 Å². The lowest BCUT2D eigenvalue weighted by Gasteiger charge is -2.37. The summed E-state index contributed by atoms with van der Waals surface area (Å²) in [5.41, 5.74) is 2.46. The minimum absolute atomic E-state index is 0.193. The van der Waals surface area contributed by atoms with Gasteiger partial charge in [-0.3, -0.25) is 9.69 Å². The first-order valence-corrected chi connectivity index (χ1v) is 10.8. The smallest absolute Gasteiger partial charge is 0.236 e. The van der Waals surface area contributed by atoms with Crippen molar-refractivity contribution in [3.8, 4) is 0 Å². The number of hydrogen-bond donors (Lipinski definition) is 0. The van der Waals surface area contributed by atoms with Crippen LogP contribution in [0.4, 0.5) is 5.82 Å². The summed E-state index contributed by atoms with van der Waals surface area (Å²) in [7, 11) is 0. The zero-order valence-electron chi connectivity index (χ0n) is 17.1. The quantitative estimate of drug-likeness (QED) is 0.634. The average Bonchev–Trinajstić information content (AvgIpc) is 3.08. The van der Waals surface area contributed by atoms with E-state index >= 15 is 0 Å². The van der Waals surface area contributed by atoms with Gasteiger partial charge in [0.25, 0.3) is 0 Å². The van der Waals surface area contributed by atoms with E-state index in [0.717, 1.165) is 48.6 Å². The van der Waals surface area contributed by atoms with Crippen LogP contribution in [0.25, 0.3) is 16.6 Å². The molecule has 0 bridgehead atoms. The Bertz CT molecular complexity index is 1090. The van der Waals surface area contributed by atoms with E-state index in [1.165, 1.54) is 0 Å². The number of hydrogen-bond acceptors (Lipinski definition) is 6. The van der Waals surface area contributed by atoms with Crippen LogP contribution in [0.2, 0.25) is 5.02 Å². The first-order valence-electron chi connectivity index (χ1n) is 10.4. The molecule has 0 saturated carbocycles. The number of amides is 1. The molecule has 2 aliphatic rings. The van der Waals surface area contributed by atoms with Crippen LogP contribution >= 0.6 is 11.6 Å². The molecule has 1 aromatic carbocycles. The van der Waals surface area contributed by atoms with Crippen molar-refractivity contribution in [1.29, 1.82) is 0 Å². The third-order valence-electron chi connectivity index (χ3n) is 5.94. The van der Waals surface area contributed by atoms with Gasteiger partial charge in [-0.05, 0) is 19.1 Å². The van der Waals surface area contributed by atoms with Crippen LogP contribution in [0.5, 0.6) is 0 Å². The third-order valence-corrected chi connectivity index (χ3v) is 6.39. The molecule has 2 saturated heterocycles. The van der Waals surface area contributed by atoms with Crippen molar-refractivity contribution in [2.75, 3.05) is 63.9 Å². The van der Waals surface area contributed by atoms with Gasteiger partial charge in [-0.25, -0.2) is 9.50 Å². The molecule has 30 heavy (non-hydrogen) atoms. The number of carbonyl (C=O) groups excluding carboxylic acids is 1. The van der Waals surface area contributed by atoms with Gasteiger partial charge in [-0.15, -0.1) is 0 Å². The van der Waals surface area contributed by atoms with Crippen LogP contribution in [0.15, 0.2) is 24.3 Å². The van der Waals surface area contributed by atoms with E-state index in [2.05, 4.69) is 21.0 Å². The zero-order chi connectivity index (χ0) is 20.7. The Morgan fingerprint density at radius 2 is 1.83 bits per heavy atom. The van der Waals surface area contributed by atoms with E-state index < -0.39 is 0 Å². The van der Waals surface area contributed by atoms with Gasteiger partial charge in [0.05, 0.1) is 31.0 Å². The van der Waals surface area contributed by atoms with Gasteiger partial charge >= 0.3 is 0 Å². The summed E-state index contributed by atoms with van der Waals surface area (Å²) in [4.78, 5) is 23.9. The molecule has 8 nitrogen and oxygen atoms in total. The molecule has 158 valence electrons. The van der Waals surface area contributed by atoms with E-state index in [4.69, 9.17) is 21.3 Å². The molecular formula is C21H25ClN6O2. The fourth-order valence-electron chi connectivity index (χ4n) is 4.23. The van der Waals surface area contributed by atoms with Crippen molar-refractivity contribution >= 4 is 39.9 Å². The Kier molecular flexibility index (Phi) is 5.22. The summed E-state index contributed by atoms with van der Waals surface area (Å²) < 4.78 is 7.17. The Labute approximate surface area is 179 Å². The van der Waals surface area contributed by atoms with Gasteiger partial charge in [0.15, 0.2) is 5.65 Å². The van der Waals surface area contributed by atoms with Crippen LogP contribution in [-0.4, -0.2) is 89.3 Å². The highest BCUT2D eigenvalue weighted by molar-refractivity contribution is 6.34. The van der Waals surface area contributed by atoms with E-state index in [1.807, 2.05) is 34.5 Å². The minimum Gasteiger partial charge on any atom is -0.378 e. The van der Waals surface area contributed by atoms with Gasteiger partial charge < -0.3 is 14.5 Å². The molecule has 0 radical (unpaired) electrons. The molecule has 3 aromatic rings. The number of rotatable bonds is 3. The Morgan fingerprint density at radius 3 is 2.60 bits per heavy atom. The summed E-state index contributed by atoms with van der Waals surface area (Å²) in [6.07, 6.45) is 0. The number of carbonyl (C=O) groups is 1. The number of benzene rings is 1.